The van der Waals surface area contributed by atoms with Crippen LogP contribution in [0, 0.1) is 0 Å². The topological polar surface area (TPSA) is 45.6 Å². The second kappa shape index (κ2) is 11.0. The summed E-state index contributed by atoms with van der Waals surface area (Å²) in [7, 11) is 1.97. The Balaban J connectivity index is 1.84. The van der Waals surface area contributed by atoms with E-state index in [1.54, 1.807) is 29.2 Å². The average Bonchev–Trinajstić information content (AvgIpc) is 3.21. The highest BCUT2D eigenvalue weighted by atomic mass is 35.5. The molecule has 0 N–H and O–H groups in total. The molecule has 1 unspecified atom stereocenters. The molecule has 0 saturated heterocycles. The summed E-state index contributed by atoms with van der Waals surface area (Å²) in [6.07, 6.45) is 2.72. The Morgan fingerprint density at radius 2 is 1.66 bits per heavy atom. The number of hydrogen-bond acceptors (Lipinski definition) is 2. The Hall–Kier alpha value is -3.05. The third kappa shape index (κ3) is 6.01. The molecule has 2 amide bonds. The molecule has 168 valence electrons. The maximum absolute atomic E-state index is 13.5. The molecule has 2 aromatic carbocycles. The summed E-state index contributed by atoms with van der Waals surface area (Å²) in [6, 6.07) is 20.6. The first-order valence-corrected chi connectivity index (χ1v) is 11.2. The molecule has 0 aliphatic carbocycles. The minimum Gasteiger partial charge on any atom is -0.353 e. The highest BCUT2D eigenvalue weighted by Crippen LogP contribution is 2.17. The maximum atomic E-state index is 13.5. The van der Waals surface area contributed by atoms with Gasteiger partial charge in [0.1, 0.15) is 6.54 Å². The lowest BCUT2D eigenvalue weighted by molar-refractivity contribution is -0.133. The number of hydrogen-bond donors (Lipinski definition) is 0. The fraction of sp³-hybridized carbons (Fsp3) is 0.308. The molecule has 6 heteroatoms. The zero-order valence-corrected chi connectivity index (χ0v) is 19.6. The van der Waals surface area contributed by atoms with Crippen LogP contribution in [0.3, 0.4) is 0 Å². The molecule has 1 heterocycles. The van der Waals surface area contributed by atoms with E-state index in [0.29, 0.717) is 23.7 Å². The van der Waals surface area contributed by atoms with Gasteiger partial charge in [0.05, 0.1) is 6.54 Å². The molecule has 0 bridgehead atoms. The molecule has 0 fully saturated rings. The Morgan fingerprint density at radius 3 is 2.25 bits per heavy atom. The first-order chi connectivity index (χ1) is 15.4. The molecule has 0 saturated carbocycles. The minimum absolute atomic E-state index is 0.0216. The maximum Gasteiger partial charge on any atom is 0.254 e. The zero-order chi connectivity index (χ0) is 23.1. The second-order valence-electron chi connectivity index (χ2n) is 8.04. The van der Waals surface area contributed by atoms with Gasteiger partial charge in [0.25, 0.3) is 5.91 Å². The molecule has 3 aromatic rings. The monoisotopic (exact) mass is 451 g/mol. The molecular formula is C26H30ClN3O2. The largest absolute Gasteiger partial charge is 0.353 e. The van der Waals surface area contributed by atoms with Crippen molar-refractivity contribution < 1.29 is 9.59 Å². The number of aromatic nitrogens is 1. The molecule has 0 aliphatic heterocycles. The SMILES string of the molecule is CCC(C)N(CC(=O)N(Cc1ccccc1)Cc1cccn1C)C(=O)c1ccc(Cl)cc1. The summed E-state index contributed by atoms with van der Waals surface area (Å²) in [5.74, 6) is -0.249. The summed E-state index contributed by atoms with van der Waals surface area (Å²) in [6.45, 7) is 4.96. The van der Waals surface area contributed by atoms with E-state index in [1.165, 1.54) is 0 Å². The number of carbonyl (C=O) groups is 2. The van der Waals surface area contributed by atoms with E-state index < -0.39 is 0 Å². The van der Waals surface area contributed by atoms with Gasteiger partial charge in [0.15, 0.2) is 0 Å². The van der Waals surface area contributed by atoms with Gasteiger partial charge in [0, 0.05) is 42.1 Å². The third-order valence-corrected chi connectivity index (χ3v) is 6.01. The van der Waals surface area contributed by atoms with E-state index in [1.807, 2.05) is 79.0 Å². The molecule has 0 spiro atoms. The van der Waals surface area contributed by atoms with Crippen molar-refractivity contribution in [3.8, 4) is 0 Å². The van der Waals surface area contributed by atoms with Crippen LogP contribution >= 0.6 is 11.6 Å². The third-order valence-electron chi connectivity index (χ3n) is 5.75. The van der Waals surface area contributed by atoms with Gasteiger partial charge in [-0.15, -0.1) is 0 Å². The molecule has 1 aromatic heterocycles. The fourth-order valence-corrected chi connectivity index (χ4v) is 3.67. The van der Waals surface area contributed by atoms with Crippen LogP contribution in [0.4, 0.5) is 0 Å². The van der Waals surface area contributed by atoms with Crippen LogP contribution in [0.1, 0.15) is 41.9 Å². The predicted molar refractivity (Wildman–Crippen MR) is 128 cm³/mol. The van der Waals surface area contributed by atoms with E-state index in [4.69, 9.17) is 11.6 Å². The van der Waals surface area contributed by atoms with Gasteiger partial charge in [-0.1, -0.05) is 48.9 Å². The average molecular weight is 452 g/mol. The highest BCUT2D eigenvalue weighted by Gasteiger charge is 2.26. The number of amides is 2. The zero-order valence-electron chi connectivity index (χ0n) is 18.9. The van der Waals surface area contributed by atoms with Crippen LogP contribution in [0.2, 0.25) is 5.02 Å². The van der Waals surface area contributed by atoms with Gasteiger partial charge in [-0.2, -0.15) is 0 Å². The van der Waals surface area contributed by atoms with Gasteiger partial charge < -0.3 is 14.4 Å². The lowest BCUT2D eigenvalue weighted by Crippen LogP contribution is -2.46. The van der Waals surface area contributed by atoms with Gasteiger partial charge in [-0.05, 0) is 55.3 Å². The Labute approximate surface area is 195 Å². The second-order valence-corrected chi connectivity index (χ2v) is 8.48. The number of nitrogens with zero attached hydrogens (tertiary/aromatic N) is 3. The van der Waals surface area contributed by atoms with Crippen molar-refractivity contribution >= 4 is 23.4 Å². The smallest absolute Gasteiger partial charge is 0.254 e. The fourth-order valence-electron chi connectivity index (χ4n) is 3.54. The number of aryl methyl sites for hydroxylation is 1. The van der Waals surface area contributed by atoms with Gasteiger partial charge in [-0.25, -0.2) is 0 Å². The van der Waals surface area contributed by atoms with Crippen LogP contribution in [-0.4, -0.2) is 38.8 Å². The van der Waals surface area contributed by atoms with E-state index in [2.05, 4.69) is 0 Å². The minimum atomic E-state index is -0.164. The Morgan fingerprint density at radius 1 is 0.969 bits per heavy atom. The summed E-state index contributed by atoms with van der Waals surface area (Å²) in [4.78, 5) is 30.2. The van der Waals surface area contributed by atoms with E-state index >= 15 is 0 Å². The summed E-state index contributed by atoms with van der Waals surface area (Å²) >= 11 is 5.98. The summed E-state index contributed by atoms with van der Waals surface area (Å²) in [5, 5.41) is 0.573. The molecular weight excluding hydrogens is 422 g/mol. The van der Waals surface area contributed by atoms with E-state index in [0.717, 1.165) is 17.7 Å². The Bertz CT molecular complexity index is 1030. The van der Waals surface area contributed by atoms with Crippen molar-refractivity contribution in [1.82, 2.24) is 14.4 Å². The lowest BCUT2D eigenvalue weighted by atomic mass is 10.1. The van der Waals surface area contributed by atoms with Gasteiger partial charge >= 0.3 is 0 Å². The van der Waals surface area contributed by atoms with Crippen molar-refractivity contribution in [3.63, 3.8) is 0 Å². The van der Waals surface area contributed by atoms with Crippen molar-refractivity contribution in [2.45, 2.75) is 39.4 Å². The van der Waals surface area contributed by atoms with Crippen LogP contribution < -0.4 is 0 Å². The lowest BCUT2D eigenvalue weighted by Gasteiger charge is -2.31. The number of halogens is 1. The van der Waals surface area contributed by atoms with E-state index in [9.17, 15) is 9.59 Å². The molecule has 32 heavy (non-hydrogen) atoms. The predicted octanol–water partition coefficient (Wildman–Crippen LogP) is 5.15. The van der Waals surface area contributed by atoms with Crippen LogP contribution in [-0.2, 0) is 24.9 Å². The van der Waals surface area contributed by atoms with Crippen molar-refractivity contribution in [2.75, 3.05) is 6.54 Å². The number of carbonyl (C=O) groups excluding carboxylic acids is 2. The number of benzene rings is 2. The highest BCUT2D eigenvalue weighted by molar-refractivity contribution is 6.30. The van der Waals surface area contributed by atoms with E-state index in [-0.39, 0.29) is 24.4 Å². The first kappa shape index (κ1) is 23.6. The van der Waals surface area contributed by atoms with Gasteiger partial charge in [0.2, 0.25) is 5.91 Å². The standard InChI is InChI=1S/C26H30ClN3O2/c1-4-20(2)30(26(32)22-12-14-23(27)15-13-22)19-25(31)29(17-21-9-6-5-7-10-21)18-24-11-8-16-28(24)3/h5-16,20H,4,17-19H2,1-3H3. The summed E-state index contributed by atoms with van der Waals surface area (Å²) < 4.78 is 2.01. The quantitative estimate of drug-likeness (QED) is 0.451. The number of rotatable bonds is 9. The summed E-state index contributed by atoms with van der Waals surface area (Å²) in [5.41, 5.74) is 2.61. The molecule has 5 nitrogen and oxygen atoms in total. The normalized spacial score (nSPS) is 11.8. The van der Waals surface area contributed by atoms with Gasteiger partial charge in [-0.3, -0.25) is 9.59 Å². The van der Waals surface area contributed by atoms with Crippen molar-refractivity contribution in [3.05, 3.63) is 94.8 Å². The van der Waals surface area contributed by atoms with Crippen molar-refractivity contribution in [2.24, 2.45) is 7.05 Å². The van der Waals surface area contributed by atoms with Crippen LogP contribution in [0.15, 0.2) is 72.9 Å². The van der Waals surface area contributed by atoms with Crippen molar-refractivity contribution in [1.29, 1.82) is 0 Å². The molecule has 1 atom stereocenters. The van der Waals surface area contributed by atoms with Crippen LogP contribution in [0.5, 0.6) is 0 Å². The molecule has 3 rings (SSSR count). The Kier molecular flexibility index (Phi) is 8.12. The molecule has 0 radical (unpaired) electrons. The van der Waals surface area contributed by atoms with Crippen LogP contribution in [0.25, 0.3) is 0 Å². The first-order valence-electron chi connectivity index (χ1n) is 10.9. The molecule has 0 aliphatic rings.